The number of carbonyl (C=O) groups is 2. The molecule has 4 nitrogen and oxygen atoms in total. The van der Waals surface area contributed by atoms with Crippen molar-refractivity contribution in [2.24, 2.45) is 5.92 Å². The van der Waals surface area contributed by atoms with Gasteiger partial charge in [0.15, 0.2) is 0 Å². The van der Waals surface area contributed by atoms with Crippen LogP contribution in [-0.4, -0.2) is 34.5 Å². The van der Waals surface area contributed by atoms with Crippen LogP contribution in [0.3, 0.4) is 0 Å². The van der Waals surface area contributed by atoms with Crippen LogP contribution in [0.1, 0.15) is 30.1 Å². The highest BCUT2D eigenvalue weighted by Gasteiger charge is 2.34. The molecule has 0 spiro atoms. The zero-order chi connectivity index (χ0) is 14.0. The summed E-state index contributed by atoms with van der Waals surface area (Å²) in [5.74, 6) is -2.32. The highest BCUT2D eigenvalue weighted by atomic mass is 19.1. The summed E-state index contributed by atoms with van der Waals surface area (Å²) in [5, 5.41) is 8.93. The molecule has 1 aliphatic rings. The maximum absolute atomic E-state index is 13.1. The lowest BCUT2D eigenvalue weighted by Crippen LogP contribution is -2.38. The van der Waals surface area contributed by atoms with Gasteiger partial charge in [0.2, 0.25) is 0 Å². The second kappa shape index (κ2) is 5.38. The van der Waals surface area contributed by atoms with Crippen LogP contribution in [0.25, 0.3) is 0 Å². The quantitative estimate of drug-likeness (QED) is 0.887. The maximum atomic E-state index is 13.1. The molecule has 1 atom stereocenters. The molecule has 0 heterocycles. The van der Waals surface area contributed by atoms with Gasteiger partial charge >= 0.3 is 5.97 Å². The van der Waals surface area contributed by atoms with E-state index >= 15 is 0 Å². The van der Waals surface area contributed by atoms with Crippen LogP contribution in [0.15, 0.2) is 24.3 Å². The first-order valence-corrected chi connectivity index (χ1v) is 6.28. The number of nitrogens with zero attached hydrogens (tertiary/aromatic N) is 1. The summed E-state index contributed by atoms with van der Waals surface area (Å²) in [6.07, 6.45) is 1.76. The molecule has 1 aromatic rings. The van der Waals surface area contributed by atoms with Crippen LogP contribution < -0.4 is 0 Å². The third-order valence-electron chi connectivity index (χ3n) is 3.21. The number of hydrogen-bond acceptors (Lipinski definition) is 2. The molecule has 1 aromatic carbocycles. The minimum atomic E-state index is -0.933. The smallest absolute Gasteiger partial charge is 0.308 e. The average Bonchev–Trinajstić information content (AvgIpc) is 3.19. The van der Waals surface area contributed by atoms with E-state index in [0.29, 0.717) is 0 Å². The Kier molecular flexibility index (Phi) is 3.83. The van der Waals surface area contributed by atoms with Crippen molar-refractivity contribution >= 4 is 11.9 Å². The second-order valence-electron chi connectivity index (χ2n) is 4.94. The van der Waals surface area contributed by atoms with Crippen LogP contribution in [-0.2, 0) is 4.79 Å². The Labute approximate surface area is 110 Å². The molecule has 0 saturated heterocycles. The molecule has 1 saturated carbocycles. The van der Waals surface area contributed by atoms with E-state index in [4.69, 9.17) is 5.11 Å². The lowest BCUT2D eigenvalue weighted by Gasteiger charge is -2.24. The van der Waals surface area contributed by atoms with E-state index in [9.17, 15) is 14.0 Å². The lowest BCUT2D eigenvalue weighted by molar-refractivity contribution is -0.141. The zero-order valence-corrected chi connectivity index (χ0v) is 10.7. The Morgan fingerprint density at radius 2 is 2.16 bits per heavy atom. The maximum Gasteiger partial charge on any atom is 0.308 e. The number of carbonyl (C=O) groups excluding carboxylic acids is 1. The molecule has 5 heteroatoms. The number of carboxylic acids is 1. The van der Waals surface area contributed by atoms with Gasteiger partial charge < -0.3 is 10.0 Å². The molecule has 1 fully saturated rings. The molecule has 0 bridgehead atoms. The second-order valence-corrected chi connectivity index (χ2v) is 4.94. The summed E-state index contributed by atoms with van der Waals surface area (Å²) in [6, 6.07) is 5.58. The first kappa shape index (κ1) is 13.5. The van der Waals surface area contributed by atoms with Crippen molar-refractivity contribution < 1.29 is 19.1 Å². The molecule has 1 amide bonds. The lowest BCUT2D eigenvalue weighted by atomic mass is 10.1. The van der Waals surface area contributed by atoms with E-state index in [2.05, 4.69) is 0 Å². The monoisotopic (exact) mass is 265 g/mol. The molecular formula is C14H16FNO3. The molecule has 1 aliphatic carbocycles. The van der Waals surface area contributed by atoms with Crippen molar-refractivity contribution in [2.75, 3.05) is 6.54 Å². The number of amides is 1. The Morgan fingerprint density at radius 1 is 1.47 bits per heavy atom. The van der Waals surface area contributed by atoms with E-state index in [1.165, 1.54) is 18.2 Å². The van der Waals surface area contributed by atoms with Crippen molar-refractivity contribution in [2.45, 2.75) is 25.8 Å². The van der Waals surface area contributed by atoms with Gasteiger partial charge in [0.05, 0.1) is 5.92 Å². The van der Waals surface area contributed by atoms with Gasteiger partial charge in [-0.05, 0) is 31.0 Å². The topological polar surface area (TPSA) is 57.6 Å². The summed E-state index contributed by atoms with van der Waals surface area (Å²) < 4.78 is 13.1. The van der Waals surface area contributed by atoms with Crippen LogP contribution in [0, 0.1) is 11.7 Å². The van der Waals surface area contributed by atoms with E-state index in [1.54, 1.807) is 17.9 Å². The normalized spacial score (nSPS) is 15.9. The molecule has 1 unspecified atom stereocenters. The molecule has 19 heavy (non-hydrogen) atoms. The minimum absolute atomic E-state index is 0.0950. The highest BCUT2D eigenvalue weighted by molar-refractivity contribution is 5.94. The summed E-state index contributed by atoms with van der Waals surface area (Å²) in [4.78, 5) is 24.7. The molecule has 1 N–H and O–H groups in total. The van der Waals surface area contributed by atoms with Crippen molar-refractivity contribution in [1.29, 1.82) is 0 Å². The number of carboxylic acid groups (broad SMARTS) is 1. The van der Waals surface area contributed by atoms with Crippen molar-refractivity contribution in [3.63, 3.8) is 0 Å². The summed E-state index contributed by atoms with van der Waals surface area (Å²) in [5.41, 5.74) is 0.268. The first-order chi connectivity index (χ1) is 8.99. The fourth-order valence-electron chi connectivity index (χ4n) is 1.94. The van der Waals surface area contributed by atoms with Gasteiger partial charge in [-0.25, -0.2) is 4.39 Å². The van der Waals surface area contributed by atoms with E-state index in [0.717, 1.165) is 12.8 Å². The highest BCUT2D eigenvalue weighted by Crippen LogP contribution is 2.29. The van der Waals surface area contributed by atoms with Crippen molar-refractivity contribution in [1.82, 2.24) is 4.90 Å². The number of hydrogen-bond donors (Lipinski definition) is 1. The fraction of sp³-hybridized carbons (Fsp3) is 0.429. The van der Waals surface area contributed by atoms with E-state index < -0.39 is 17.7 Å². The third-order valence-corrected chi connectivity index (χ3v) is 3.21. The van der Waals surface area contributed by atoms with Crippen LogP contribution in [0.5, 0.6) is 0 Å². The minimum Gasteiger partial charge on any atom is -0.481 e. The van der Waals surface area contributed by atoms with Gasteiger partial charge in [-0.15, -0.1) is 0 Å². The van der Waals surface area contributed by atoms with Gasteiger partial charge in [0.1, 0.15) is 5.82 Å². The predicted molar refractivity (Wildman–Crippen MR) is 67.3 cm³/mol. The Balaban J connectivity index is 2.15. The van der Waals surface area contributed by atoms with Gasteiger partial charge in [-0.1, -0.05) is 13.0 Å². The van der Waals surface area contributed by atoms with E-state index in [-0.39, 0.29) is 24.1 Å². The third kappa shape index (κ3) is 3.30. The van der Waals surface area contributed by atoms with Crippen molar-refractivity contribution in [3.8, 4) is 0 Å². The molecule has 102 valence electrons. The molecule has 0 aliphatic heterocycles. The number of benzene rings is 1. The Morgan fingerprint density at radius 3 is 2.68 bits per heavy atom. The summed E-state index contributed by atoms with van der Waals surface area (Å²) in [6.45, 7) is 1.73. The van der Waals surface area contributed by atoms with Gasteiger partial charge in [0.25, 0.3) is 5.91 Å². The molecule has 2 rings (SSSR count). The summed E-state index contributed by atoms with van der Waals surface area (Å²) in [7, 11) is 0. The summed E-state index contributed by atoms with van der Waals surface area (Å²) >= 11 is 0. The van der Waals surface area contributed by atoms with Crippen LogP contribution >= 0.6 is 0 Å². The Hall–Kier alpha value is -1.91. The number of halogens is 1. The van der Waals surface area contributed by atoms with Crippen molar-refractivity contribution in [3.05, 3.63) is 35.6 Å². The predicted octanol–water partition coefficient (Wildman–Crippen LogP) is 2.15. The van der Waals surface area contributed by atoms with Gasteiger partial charge in [-0.2, -0.15) is 0 Å². The van der Waals surface area contributed by atoms with Gasteiger partial charge in [-0.3, -0.25) is 9.59 Å². The van der Waals surface area contributed by atoms with Crippen LogP contribution in [0.4, 0.5) is 4.39 Å². The van der Waals surface area contributed by atoms with Gasteiger partial charge in [0, 0.05) is 18.2 Å². The standard InChI is InChI=1S/C14H16FNO3/c1-9(14(18)19)8-16(12-5-6-12)13(17)10-3-2-4-11(15)7-10/h2-4,7,9,12H,5-6,8H2,1H3,(H,18,19). The Bertz CT molecular complexity index is 499. The average molecular weight is 265 g/mol. The molecule has 0 aromatic heterocycles. The zero-order valence-electron chi connectivity index (χ0n) is 10.7. The number of aliphatic carboxylic acids is 1. The fourth-order valence-corrected chi connectivity index (χ4v) is 1.94. The molecular weight excluding hydrogens is 249 g/mol. The number of rotatable bonds is 5. The largest absolute Gasteiger partial charge is 0.481 e. The molecule has 0 radical (unpaired) electrons. The SMILES string of the molecule is CC(CN(C(=O)c1cccc(F)c1)C1CC1)C(=O)O. The van der Waals surface area contributed by atoms with Crippen LogP contribution in [0.2, 0.25) is 0 Å². The first-order valence-electron chi connectivity index (χ1n) is 6.28. The van der Waals surface area contributed by atoms with E-state index in [1.807, 2.05) is 0 Å².